The zero-order valence-electron chi connectivity index (χ0n) is 16.3. The molecular weight excluding hydrogens is 372 g/mol. The summed E-state index contributed by atoms with van der Waals surface area (Å²) < 4.78 is 26.9. The number of nitrogens with one attached hydrogen (secondary N) is 1. The zero-order valence-corrected chi connectivity index (χ0v) is 17.1. The van der Waals surface area contributed by atoms with Crippen LogP contribution in [0.5, 0.6) is 0 Å². The Morgan fingerprint density at radius 3 is 2.29 bits per heavy atom. The third kappa shape index (κ3) is 5.20. The number of benzene rings is 2. The summed E-state index contributed by atoms with van der Waals surface area (Å²) in [6, 6.07) is 16.8. The highest BCUT2D eigenvalue weighted by Gasteiger charge is 2.25. The largest absolute Gasteiger partial charge is 0.355 e. The fourth-order valence-electron chi connectivity index (χ4n) is 3.45. The molecule has 3 rings (SSSR count). The third-order valence-corrected chi connectivity index (χ3v) is 7.13. The van der Waals surface area contributed by atoms with Crippen LogP contribution in [-0.2, 0) is 21.2 Å². The van der Waals surface area contributed by atoms with Crippen molar-refractivity contribution in [3.05, 3.63) is 65.7 Å². The molecule has 1 atom stereocenters. The van der Waals surface area contributed by atoms with Crippen molar-refractivity contribution in [3.63, 3.8) is 0 Å². The predicted molar refractivity (Wildman–Crippen MR) is 111 cm³/mol. The molecule has 1 unspecified atom stereocenters. The van der Waals surface area contributed by atoms with E-state index in [-0.39, 0.29) is 18.2 Å². The van der Waals surface area contributed by atoms with Crippen LogP contribution in [0.1, 0.15) is 43.2 Å². The fraction of sp³-hybridized carbons (Fsp3) is 0.409. The zero-order chi connectivity index (χ0) is 20.0. The van der Waals surface area contributed by atoms with E-state index in [0.717, 1.165) is 24.8 Å². The molecule has 1 amide bonds. The van der Waals surface area contributed by atoms with Crippen molar-refractivity contribution < 1.29 is 13.2 Å². The van der Waals surface area contributed by atoms with Crippen LogP contribution in [0.4, 0.5) is 0 Å². The lowest BCUT2D eigenvalue weighted by atomic mass is 10.0. The van der Waals surface area contributed by atoms with Gasteiger partial charge in [-0.25, -0.2) is 8.42 Å². The molecule has 0 saturated carbocycles. The van der Waals surface area contributed by atoms with E-state index < -0.39 is 10.0 Å². The smallest absolute Gasteiger partial charge is 0.243 e. The number of carbonyl (C=O) groups excluding carboxylic acids is 1. The molecule has 1 fully saturated rings. The Kier molecular flexibility index (Phi) is 6.86. The van der Waals surface area contributed by atoms with Gasteiger partial charge in [-0.3, -0.25) is 4.79 Å². The van der Waals surface area contributed by atoms with Crippen molar-refractivity contribution in [1.82, 2.24) is 9.62 Å². The van der Waals surface area contributed by atoms with E-state index >= 15 is 0 Å². The first-order valence-corrected chi connectivity index (χ1v) is 11.3. The van der Waals surface area contributed by atoms with Gasteiger partial charge in [0.15, 0.2) is 0 Å². The average Bonchev–Trinajstić information content (AvgIpc) is 2.73. The molecule has 0 aliphatic carbocycles. The van der Waals surface area contributed by atoms with E-state index in [9.17, 15) is 13.2 Å². The summed E-state index contributed by atoms with van der Waals surface area (Å²) >= 11 is 0. The quantitative estimate of drug-likeness (QED) is 0.775. The highest BCUT2D eigenvalue weighted by atomic mass is 32.2. The predicted octanol–water partition coefficient (Wildman–Crippen LogP) is 3.32. The molecule has 0 spiro atoms. The Morgan fingerprint density at radius 1 is 1.00 bits per heavy atom. The van der Waals surface area contributed by atoms with E-state index in [0.29, 0.717) is 24.5 Å². The van der Waals surface area contributed by atoms with E-state index in [1.54, 1.807) is 28.6 Å². The molecule has 0 aromatic heterocycles. The Hall–Kier alpha value is -2.18. The summed E-state index contributed by atoms with van der Waals surface area (Å²) in [5, 5.41) is 2.96. The first-order valence-electron chi connectivity index (χ1n) is 9.87. The number of piperidine rings is 1. The topological polar surface area (TPSA) is 66.5 Å². The number of hydrogen-bond donors (Lipinski definition) is 1. The maximum absolute atomic E-state index is 12.7. The minimum absolute atomic E-state index is 0.0607. The minimum atomic E-state index is -3.43. The van der Waals surface area contributed by atoms with E-state index in [2.05, 4.69) is 24.4 Å². The summed E-state index contributed by atoms with van der Waals surface area (Å²) in [6.45, 7) is 3.83. The lowest BCUT2D eigenvalue weighted by molar-refractivity contribution is -0.120. The van der Waals surface area contributed by atoms with Gasteiger partial charge in [0.1, 0.15) is 0 Å². The highest BCUT2D eigenvalue weighted by Crippen LogP contribution is 2.21. The number of amides is 1. The van der Waals surface area contributed by atoms with Crippen LogP contribution in [-0.4, -0.2) is 38.3 Å². The van der Waals surface area contributed by atoms with Crippen LogP contribution in [0, 0.1) is 0 Å². The van der Waals surface area contributed by atoms with Crippen LogP contribution in [0.25, 0.3) is 0 Å². The molecule has 28 heavy (non-hydrogen) atoms. The molecule has 6 heteroatoms. The van der Waals surface area contributed by atoms with Crippen LogP contribution in [0.15, 0.2) is 59.5 Å². The molecule has 1 N–H and O–H groups in total. The molecule has 2 aromatic carbocycles. The lowest BCUT2D eigenvalue weighted by Gasteiger charge is -2.25. The molecule has 5 nitrogen and oxygen atoms in total. The maximum atomic E-state index is 12.7. The molecule has 0 radical (unpaired) electrons. The van der Waals surface area contributed by atoms with Gasteiger partial charge in [-0.2, -0.15) is 4.31 Å². The monoisotopic (exact) mass is 400 g/mol. The standard InChI is InChI=1S/C22H28N2O3S/c1-18(20-8-4-2-5-9-20)17-23-22(25)16-19-10-12-21(13-11-19)28(26,27)24-14-6-3-7-15-24/h2,4-5,8-13,18H,3,6-7,14-17H2,1H3,(H,23,25). The molecule has 1 aliphatic rings. The first-order chi connectivity index (χ1) is 13.5. The first kappa shape index (κ1) is 20.6. The number of nitrogens with zero attached hydrogens (tertiary/aromatic N) is 1. The van der Waals surface area contributed by atoms with Crippen LogP contribution < -0.4 is 5.32 Å². The van der Waals surface area contributed by atoms with E-state index in [1.807, 2.05) is 18.2 Å². The van der Waals surface area contributed by atoms with Gasteiger partial charge in [-0.1, -0.05) is 55.8 Å². The van der Waals surface area contributed by atoms with Gasteiger partial charge in [0.05, 0.1) is 11.3 Å². The number of hydrogen-bond acceptors (Lipinski definition) is 3. The van der Waals surface area contributed by atoms with Crippen molar-refractivity contribution in [2.24, 2.45) is 0 Å². The van der Waals surface area contributed by atoms with Gasteiger partial charge >= 0.3 is 0 Å². The Labute approximate surface area is 167 Å². The van der Waals surface area contributed by atoms with Gasteiger partial charge in [0.25, 0.3) is 0 Å². The van der Waals surface area contributed by atoms with Gasteiger partial charge in [-0.05, 0) is 42.0 Å². The van der Waals surface area contributed by atoms with Crippen LogP contribution in [0.3, 0.4) is 0 Å². The molecule has 0 bridgehead atoms. The highest BCUT2D eigenvalue weighted by molar-refractivity contribution is 7.89. The number of sulfonamides is 1. The Morgan fingerprint density at radius 2 is 1.64 bits per heavy atom. The van der Waals surface area contributed by atoms with Crippen LogP contribution in [0.2, 0.25) is 0 Å². The summed E-state index contributed by atoms with van der Waals surface area (Å²) in [5.74, 6) is 0.177. The molecule has 1 heterocycles. The van der Waals surface area contributed by atoms with Gasteiger partial charge in [-0.15, -0.1) is 0 Å². The van der Waals surface area contributed by atoms with Crippen molar-refractivity contribution in [2.45, 2.75) is 43.4 Å². The third-order valence-electron chi connectivity index (χ3n) is 5.21. The number of rotatable bonds is 7. The second-order valence-corrected chi connectivity index (χ2v) is 9.34. The second kappa shape index (κ2) is 9.34. The molecule has 150 valence electrons. The molecule has 1 saturated heterocycles. The Bertz CT molecular complexity index is 874. The number of carbonyl (C=O) groups is 1. The second-order valence-electron chi connectivity index (χ2n) is 7.40. The summed E-state index contributed by atoms with van der Waals surface area (Å²) in [4.78, 5) is 12.5. The summed E-state index contributed by atoms with van der Waals surface area (Å²) in [5.41, 5.74) is 2.00. The van der Waals surface area contributed by atoms with Gasteiger partial charge in [0, 0.05) is 19.6 Å². The van der Waals surface area contributed by atoms with Gasteiger partial charge in [0.2, 0.25) is 15.9 Å². The fourth-order valence-corrected chi connectivity index (χ4v) is 4.96. The van der Waals surface area contributed by atoms with Crippen molar-refractivity contribution in [1.29, 1.82) is 0 Å². The molecule has 1 aliphatic heterocycles. The normalized spacial score (nSPS) is 16.5. The van der Waals surface area contributed by atoms with Crippen LogP contribution >= 0.6 is 0 Å². The molecule has 2 aromatic rings. The Balaban J connectivity index is 1.54. The minimum Gasteiger partial charge on any atom is -0.355 e. The summed E-state index contributed by atoms with van der Waals surface area (Å²) in [6.07, 6.45) is 3.16. The summed E-state index contributed by atoms with van der Waals surface area (Å²) in [7, 11) is -3.43. The average molecular weight is 401 g/mol. The van der Waals surface area contributed by atoms with Crippen molar-refractivity contribution in [2.75, 3.05) is 19.6 Å². The lowest BCUT2D eigenvalue weighted by Crippen LogP contribution is -2.35. The maximum Gasteiger partial charge on any atom is 0.243 e. The van der Waals surface area contributed by atoms with E-state index in [4.69, 9.17) is 0 Å². The van der Waals surface area contributed by atoms with Crippen molar-refractivity contribution in [3.8, 4) is 0 Å². The van der Waals surface area contributed by atoms with Gasteiger partial charge < -0.3 is 5.32 Å². The molecular formula is C22H28N2O3S. The van der Waals surface area contributed by atoms with Crippen molar-refractivity contribution >= 4 is 15.9 Å². The SMILES string of the molecule is CC(CNC(=O)Cc1ccc(S(=O)(=O)N2CCCCC2)cc1)c1ccccc1. The van der Waals surface area contributed by atoms with E-state index in [1.165, 1.54) is 5.56 Å².